The Hall–Kier alpha value is -2.25. The molecule has 5 nitrogen and oxygen atoms in total. The lowest BCUT2D eigenvalue weighted by molar-refractivity contribution is 0.102. The van der Waals surface area contributed by atoms with Gasteiger partial charge in [0.2, 0.25) is 0 Å². The standard InChI is InChI=1S/C16H14N4OS2/c1-10-9-12(23-16-20-19-11(2)22-16)6-7-13(10)18-15(21)14-5-3-4-8-17-14/h3-9H,1-2H3,(H,18,21). The van der Waals surface area contributed by atoms with E-state index in [2.05, 4.69) is 20.5 Å². The number of aromatic nitrogens is 3. The highest BCUT2D eigenvalue weighted by Gasteiger charge is 2.10. The summed E-state index contributed by atoms with van der Waals surface area (Å²) in [5, 5.41) is 11.9. The van der Waals surface area contributed by atoms with Crippen LogP contribution in [-0.2, 0) is 0 Å². The highest BCUT2D eigenvalue weighted by molar-refractivity contribution is 8.01. The summed E-state index contributed by atoms with van der Waals surface area (Å²) >= 11 is 3.13. The molecular weight excluding hydrogens is 328 g/mol. The summed E-state index contributed by atoms with van der Waals surface area (Å²) in [5.41, 5.74) is 2.16. The molecule has 0 aliphatic heterocycles. The number of nitrogens with zero attached hydrogens (tertiary/aromatic N) is 3. The van der Waals surface area contributed by atoms with E-state index >= 15 is 0 Å². The number of benzene rings is 1. The van der Waals surface area contributed by atoms with Gasteiger partial charge >= 0.3 is 0 Å². The molecule has 0 aliphatic rings. The van der Waals surface area contributed by atoms with Crippen molar-refractivity contribution in [2.75, 3.05) is 5.32 Å². The van der Waals surface area contributed by atoms with E-state index in [1.54, 1.807) is 47.5 Å². The van der Waals surface area contributed by atoms with Crippen LogP contribution in [0.25, 0.3) is 0 Å². The van der Waals surface area contributed by atoms with E-state index in [0.29, 0.717) is 5.69 Å². The Kier molecular flexibility index (Phi) is 4.68. The van der Waals surface area contributed by atoms with E-state index in [9.17, 15) is 4.79 Å². The van der Waals surface area contributed by atoms with Crippen LogP contribution in [0, 0.1) is 13.8 Å². The number of nitrogens with one attached hydrogen (secondary N) is 1. The minimum atomic E-state index is -0.214. The van der Waals surface area contributed by atoms with E-state index in [1.165, 1.54) is 0 Å². The van der Waals surface area contributed by atoms with Crippen LogP contribution < -0.4 is 5.32 Å². The summed E-state index contributed by atoms with van der Waals surface area (Å²) < 4.78 is 0.909. The van der Waals surface area contributed by atoms with Crippen LogP contribution in [0.5, 0.6) is 0 Å². The van der Waals surface area contributed by atoms with Crippen molar-refractivity contribution in [2.24, 2.45) is 0 Å². The molecule has 0 unspecified atom stereocenters. The Morgan fingerprint density at radius 2 is 2.04 bits per heavy atom. The number of rotatable bonds is 4. The van der Waals surface area contributed by atoms with Gasteiger partial charge in [-0.3, -0.25) is 9.78 Å². The van der Waals surface area contributed by atoms with Crippen LogP contribution in [-0.4, -0.2) is 21.1 Å². The monoisotopic (exact) mass is 342 g/mol. The van der Waals surface area contributed by atoms with Crippen molar-refractivity contribution in [3.05, 3.63) is 58.9 Å². The predicted octanol–water partition coefficient (Wildman–Crippen LogP) is 3.95. The van der Waals surface area contributed by atoms with Crippen LogP contribution in [0.1, 0.15) is 21.1 Å². The highest BCUT2D eigenvalue weighted by Crippen LogP contribution is 2.32. The number of aryl methyl sites for hydroxylation is 2. The van der Waals surface area contributed by atoms with Crippen molar-refractivity contribution in [3.8, 4) is 0 Å². The molecule has 0 spiro atoms. The molecule has 0 bridgehead atoms. The normalized spacial score (nSPS) is 10.5. The van der Waals surface area contributed by atoms with Gasteiger partial charge in [0.15, 0.2) is 4.34 Å². The van der Waals surface area contributed by atoms with E-state index in [4.69, 9.17) is 0 Å². The number of carbonyl (C=O) groups is 1. The Morgan fingerprint density at radius 3 is 2.70 bits per heavy atom. The van der Waals surface area contributed by atoms with Gasteiger partial charge in [0.05, 0.1) is 0 Å². The zero-order chi connectivity index (χ0) is 16.2. The van der Waals surface area contributed by atoms with Gasteiger partial charge in [0, 0.05) is 16.8 Å². The molecule has 0 fully saturated rings. The fourth-order valence-corrected chi connectivity index (χ4v) is 3.83. The molecule has 2 aromatic heterocycles. The Balaban J connectivity index is 1.73. The van der Waals surface area contributed by atoms with Crippen molar-refractivity contribution in [1.82, 2.24) is 15.2 Å². The summed E-state index contributed by atoms with van der Waals surface area (Å²) in [6.45, 7) is 3.90. The molecule has 0 radical (unpaired) electrons. The minimum absolute atomic E-state index is 0.214. The van der Waals surface area contributed by atoms with Gasteiger partial charge in [-0.05, 0) is 49.7 Å². The molecule has 0 atom stereocenters. The first-order valence-electron chi connectivity index (χ1n) is 6.93. The SMILES string of the molecule is Cc1nnc(Sc2ccc(NC(=O)c3ccccn3)c(C)c2)s1. The van der Waals surface area contributed by atoms with Crippen LogP contribution in [0.3, 0.4) is 0 Å². The third kappa shape index (κ3) is 3.94. The van der Waals surface area contributed by atoms with Crippen LogP contribution in [0.15, 0.2) is 51.8 Å². The lowest BCUT2D eigenvalue weighted by atomic mass is 10.2. The average Bonchev–Trinajstić information content (AvgIpc) is 2.96. The molecule has 116 valence electrons. The minimum Gasteiger partial charge on any atom is -0.320 e. The molecule has 3 rings (SSSR count). The first kappa shape index (κ1) is 15.6. The smallest absolute Gasteiger partial charge is 0.274 e. The number of hydrogen-bond acceptors (Lipinski definition) is 6. The van der Waals surface area contributed by atoms with Crippen molar-refractivity contribution >= 4 is 34.7 Å². The molecule has 3 aromatic rings. The first-order valence-corrected chi connectivity index (χ1v) is 8.56. The van der Waals surface area contributed by atoms with Gasteiger partial charge in [-0.1, -0.05) is 29.2 Å². The van der Waals surface area contributed by atoms with Gasteiger partial charge in [0.1, 0.15) is 10.7 Å². The topological polar surface area (TPSA) is 67.8 Å². The molecule has 1 aromatic carbocycles. The number of anilines is 1. The zero-order valence-corrected chi connectivity index (χ0v) is 14.2. The largest absolute Gasteiger partial charge is 0.320 e. The third-order valence-corrected chi connectivity index (χ3v) is 4.94. The first-order chi connectivity index (χ1) is 11.1. The van der Waals surface area contributed by atoms with Crippen molar-refractivity contribution < 1.29 is 4.79 Å². The summed E-state index contributed by atoms with van der Waals surface area (Å²) in [7, 11) is 0. The predicted molar refractivity (Wildman–Crippen MR) is 92.1 cm³/mol. The van der Waals surface area contributed by atoms with E-state index < -0.39 is 0 Å². The number of amides is 1. The van der Waals surface area contributed by atoms with Crippen LogP contribution in [0.4, 0.5) is 5.69 Å². The van der Waals surface area contributed by atoms with Crippen LogP contribution in [0.2, 0.25) is 0 Å². The maximum absolute atomic E-state index is 12.1. The fourth-order valence-electron chi connectivity index (χ4n) is 1.94. The van der Waals surface area contributed by atoms with Gasteiger partial charge in [-0.25, -0.2) is 0 Å². The van der Waals surface area contributed by atoms with E-state index in [1.807, 2.05) is 32.0 Å². The zero-order valence-electron chi connectivity index (χ0n) is 12.6. The molecule has 1 amide bonds. The van der Waals surface area contributed by atoms with Crippen molar-refractivity contribution in [1.29, 1.82) is 0 Å². The second kappa shape index (κ2) is 6.89. The van der Waals surface area contributed by atoms with Crippen LogP contribution >= 0.6 is 23.1 Å². The van der Waals surface area contributed by atoms with Gasteiger partial charge in [-0.2, -0.15) is 0 Å². The van der Waals surface area contributed by atoms with E-state index in [-0.39, 0.29) is 5.91 Å². The average molecular weight is 342 g/mol. The summed E-state index contributed by atoms with van der Waals surface area (Å²) in [6, 6.07) is 11.1. The summed E-state index contributed by atoms with van der Waals surface area (Å²) in [6.07, 6.45) is 1.60. The Bertz CT molecular complexity index is 833. The lowest BCUT2D eigenvalue weighted by Crippen LogP contribution is -2.14. The van der Waals surface area contributed by atoms with Gasteiger partial charge < -0.3 is 5.32 Å². The molecule has 1 N–H and O–H groups in total. The number of carbonyl (C=O) groups excluding carboxylic acids is 1. The summed E-state index contributed by atoms with van der Waals surface area (Å²) in [4.78, 5) is 17.3. The summed E-state index contributed by atoms with van der Waals surface area (Å²) in [5.74, 6) is -0.214. The molecule has 2 heterocycles. The van der Waals surface area contributed by atoms with E-state index in [0.717, 1.165) is 25.5 Å². The Labute approximate surface area is 142 Å². The molecular formula is C16H14N4OS2. The second-order valence-corrected chi connectivity index (χ2v) is 7.34. The molecule has 23 heavy (non-hydrogen) atoms. The lowest BCUT2D eigenvalue weighted by Gasteiger charge is -2.09. The maximum Gasteiger partial charge on any atom is 0.274 e. The van der Waals surface area contributed by atoms with Crippen molar-refractivity contribution in [2.45, 2.75) is 23.1 Å². The molecule has 0 aliphatic carbocycles. The molecule has 0 saturated heterocycles. The number of pyridine rings is 1. The number of hydrogen-bond donors (Lipinski definition) is 1. The second-order valence-electron chi connectivity index (χ2n) is 4.83. The fraction of sp³-hybridized carbons (Fsp3) is 0.125. The highest BCUT2D eigenvalue weighted by atomic mass is 32.2. The third-order valence-electron chi connectivity index (χ3n) is 3.06. The Morgan fingerprint density at radius 1 is 1.17 bits per heavy atom. The quantitative estimate of drug-likeness (QED) is 0.777. The van der Waals surface area contributed by atoms with Gasteiger partial charge in [-0.15, -0.1) is 10.2 Å². The molecule has 0 saturated carbocycles. The maximum atomic E-state index is 12.1. The van der Waals surface area contributed by atoms with Crippen molar-refractivity contribution in [3.63, 3.8) is 0 Å². The van der Waals surface area contributed by atoms with Gasteiger partial charge in [0.25, 0.3) is 5.91 Å². The molecule has 7 heteroatoms.